The zero-order valence-electron chi connectivity index (χ0n) is 10.9. The Hall–Kier alpha value is -1.74. The highest BCUT2D eigenvalue weighted by atomic mass is 19.3. The summed E-state index contributed by atoms with van der Waals surface area (Å²) in [6.45, 7) is 3.54. The van der Waals surface area contributed by atoms with Crippen LogP contribution < -0.4 is 5.32 Å². The lowest BCUT2D eigenvalue weighted by Gasteiger charge is -2.08. The predicted molar refractivity (Wildman–Crippen MR) is 73.1 cm³/mol. The molecule has 0 saturated carbocycles. The molecule has 0 aliphatic heterocycles. The monoisotopic (exact) mass is 261 g/mol. The fourth-order valence-corrected chi connectivity index (χ4v) is 1.93. The van der Waals surface area contributed by atoms with Crippen LogP contribution in [0.25, 0.3) is 0 Å². The highest BCUT2D eigenvalue weighted by Gasteiger charge is 2.05. The van der Waals surface area contributed by atoms with Crippen LogP contribution in [-0.2, 0) is 13.1 Å². The minimum atomic E-state index is -2.39. The molecule has 0 aromatic heterocycles. The second-order valence-corrected chi connectivity index (χ2v) is 4.57. The standard InChI is InChI=1S/C16H17F2N/c1-12-4-2-3-5-15(12)11-19-10-13-6-8-14(9-7-13)16(17)18/h2-9,16,19H,10-11H2,1H3. The molecule has 1 N–H and O–H groups in total. The predicted octanol–water partition coefficient (Wildman–Crippen LogP) is 4.22. The second kappa shape index (κ2) is 6.43. The molecule has 2 aromatic carbocycles. The first-order valence-electron chi connectivity index (χ1n) is 6.29. The lowest BCUT2D eigenvalue weighted by atomic mass is 10.1. The van der Waals surface area contributed by atoms with Crippen LogP contribution in [0.3, 0.4) is 0 Å². The lowest BCUT2D eigenvalue weighted by molar-refractivity contribution is 0.151. The molecule has 2 rings (SSSR count). The first-order valence-corrected chi connectivity index (χ1v) is 6.29. The van der Waals surface area contributed by atoms with Gasteiger partial charge < -0.3 is 5.32 Å². The van der Waals surface area contributed by atoms with Crippen molar-refractivity contribution in [1.82, 2.24) is 5.32 Å². The van der Waals surface area contributed by atoms with Crippen molar-refractivity contribution in [1.29, 1.82) is 0 Å². The molecule has 3 heteroatoms. The van der Waals surface area contributed by atoms with Gasteiger partial charge >= 0.3 is 0 Å². The van der Waals surface area contributed by atoms with Gasteiger partial charge in [-0.25, -0.2) is 8.78 Å². The summed E-state index contributed by atoms with van der Waals surface area (Å²) in [7, 11) is 0. The number of halogens is 2. The van der Waals surface area contributed by atoms with Gasteiger partial charge in [-0.3, -0.25) is 0 Å². The molecule has 0 bridgehead atoms. The summed E-state index contributed by atoms with van der Waals surface area (Å²) in [5.41, 5.74) is 3.59. The molecule has 0 fully saturated rings. The van der Waals surface area contributed by atoms with Crippen molar-refractivity contribution in [3.8, 4) is 0 Å². The Morgan fingerprint density at radius 3 is 2.26 bits per heavy atom. The van der Waals surface area contributed by atoms with Crippen molar-refractivity contribution in [3.05, 3.63) is 70.8 Å². The van der Waals surface area contributed by atoms with Crippen LogP contribution in [-0.4, -0.2) is 0 Å². The van der Waals surface area contributed by atoms with E-state index < -0.39 is 6.43 Å². The van der Waals surface area contributed by atoms with Gasteiger partial charge in [-0.1, -0.05) is 48.5 Å². The third-order valence-corrected chi connectivity index (χ3v) is 3.14. The van der Waals surface area contributed by atoms with E-state index in [2.05, 4.69) is 24.4 Å². The van der Waals surface area contributed by atoms with E-state index in [1.165, 1.54) is 23.3 Å². The average Bonchev–Trinajstić information content (AvgIpc) is 2.41. The average molecular weight is 261 g/mol. The maximum absolute atomic E-state index is 12.4. The van der Waals surface area contributed by atoms with Gasteiger partial charge in [-0.15, -0.1) is 0 Å². The molecule has 0 radical (unpaired) electrons. The zero-order valence-corrected chi connectivity index (χ0v) is 10.9. The Morgan fingerprint density at radius 1 is 0.947 bits per heavy atom. The maximum atomic E-state index is 12.4. The third-order valence-electron chi connectivity index (χ3n) is 3.14. The highest BCUT2D eigenvalue weighted by Crippen LogP contribution is 2.18. The summed E-state index contributed by atoms with van der Waals surface area (Å²) in [6.07, 6.45) is -2.39. The summed E-state index contributed by atoms with van der Waals surface area (Å²) >= 11 is 0. The number of alkyl halides is 2. The van der Waals surface area contributed by atoms with E-state index in [0.717, 1.165) is 12.1 Å². The van der Waals surface area contributed by atoms with Crippen molar-refractivity contribution < 1.29 is 8.78 Å². The molecule has 0 aliphatic rings. The fraction of sp³-hybridized carbons (Fsp3) is 0.250. The number of hydrogen-bond donors (Lipinski definition) is 1. The molecular formula is C16H17F2N. The van der Waals surface area contributed by atoms with Crippen LogP contribution in [0.5, 0.6) is 0 Å². The minimum absolute atomic E-state index is 0.0719. The molecule has 0 amide bonds. The van der Waals surface area contributed by atoms with Crippen molar-refractivity contribution in [3.63, 3.8) is 0 Å². The molecule has 19 heavy (non-hydrogen) atoms. The summed E-state index contributed by atoms with van der Waals surface area (Å²) in [5.74, 6) is 0. The Morgan fingerprint density at radius 2 is 1.63 bits per heavy atom. The Balaban J connectivity index is 1.87. The summed E-state index contributed by atoms with van der Waals surface area (Å²) < 4.78 is 24.8. The van der Waals surface area contributed by atoms with Gasteiger partial charge in [0.15, 0.2) is 0 Å². The quantitative estimate of drug-likeness (QED) is 0.849. The van der Waals surface area contributed by atoms with E-state index in [0.29, 0.717) is 6.54 Å². The van der Waals surface area contributed by atoms with E-state index in [1.54, 1.807) is 12.1 Å². The first kappa shape index (κ1) is 13.7. The molecule has 0 unspecified atom stereocenters. The molecule has 0 atom stereocenters. The number of nitrogens with one attached hydrogen (secondary N) is 1. The third kappa shape index (κ3) is 3.86. The van der Waals surface area contributed by atoms with E-state index >= 15 is 0 Å². The molecular weight excluding hydrogens is 244 g/mol. The van der Waals surface area contributed by atoms with E-state index in [1.807, 2.05) is 12.1 Å². The fourth-order valence-electron chi connectivity index (χ4n) is 1.93. The van der Waals surface area contributed by atoms with Crippen molar-refractivity contribution in [2.45, 2.75) is 26.4 Å². The van der Waals surface area contributed by atoms with Crippen LogP contribution in [0.1, 0.15) is 28.7 Å². The lowest BCUT2D eigenvalue weighted by Crippen LogP contribution is -2.13. The summed E-state index contributed by atoms with van der Waals surface area (Å²) in [4.78, 5) is 0. The molecule has 0 heterocycles. The Bertz CT molecular complexity index is 521. The van der Waals surface area contributed by atoms with Gasteiger partial charge in [0.25, 0.3) is 6.43 Å². The van der Waals surface area contributed by atoms with Gasteiger partial charge in [-0.05, 0) is 23.6 Å². The van der Waals surface area contributed by atoms with Gasteiger partial charge in [0.2, 0.25) is 0 Å². The first-order chi connectivity index (χ1) is 9.16. The van der Waals surface area contributed by atoms with Crippen LogP contribution in [0.2, 0.25) is 0 Å². The summed E-state index contributed by atoms with van der Waals surface area (Å²) in [6, 6.07) is 14.6. The number of hydrogen-bond acceptors (Lipinski definition) is 1. The molecule has 100 valence electrons. The molecule has 0 saturated heterocycles. The highest BCUT2D eigenvalue weighted by molar-refractivity contribution is 5.26. The largest absolute Gasteiger partial charge is 0.309 e. The smallest absolute Gasteiger partial charge is 0.263 e. The van der Waals surface area contributed by atoms with Gasteiger partial charge in [0.05, 0.1) is 0 Å². The van der Waals surface area contributed by atoms with E-state index in [4.69, 9.17) is 0 Å². The zero-order chi connectivity index (χ0) is 13.7. The molecule has 0 spiro atoms. The van der Waals surface area contributed by atoms with Crippen LogP contribution in [0.4, 0.5) is 8.78 Å². The number of aryl methyl sites for hydroxylation is 1. The maximum Gasteiger partial charge on any atom is 0.263 e. The summed E-state index contributed by atoms with van der Waals surface area (Å²) in [5, 5.41) is 3.32. The Kier molecular flexibility index (Phi) is 4.63. The number of benzene rings is 2. The van der Waals surface area contributed by atoms with Crippen LogP contribution in [0, 0.1) is 6.92 Å². The normalized spacial score (nSPS) is 10.9. The minimum Gasteiger partial charge on any atom is -0.309 e. The van der Waals surface area contributed by atoms with Crippen molar-refractivity contribution in [2.24, 2.45) is 0 Å². The number of rotatable bonds is 5. The Labute approximate surface area is 112 Å². The van der Waals surface area contributed by atoms with Crippen LogP contribution in [0.15, 0.2) is 48.5 Å². The topological polar surface area (TPSA) is 12.0 Å². The van der Waals surface area contributed by atoms with E-state index in [-0.39, 0.29) is 5.56 Å². The van der Waals surface area contributed by atoms with Gasteiger partial charge in [-0.2, -0.15) is 0 Å². The molecule has 0 aliphatic carbocycles. The molecule has 2 aromatic rings. The van der Waals surface area contributed by atoms with E-state index in [9.17, 15) is 8.78 Å². The SMILES string of the molecule is Cc1ccccc1CNCc1ccc(C(F)F)cc1. The second-order valence-electron chi connectivity index (χ2n) is 4.57. The van der Waals surface area contributed by atoms with Gasteiger partial charge in [0.1, 0.15) is 0 Å². The molecule has 1 nitrogen and oxygen atoms in total. The van der Waals surface area contributed by atoms with Crippen molar-refractivity contribution in [2.75, 3.05) is 0 Å². The van der Waals surface area contributed by atoms with Crippen LogP contribution >= 0.6 is 0 Å². The van der Waals surface area contributed by atoms with Gasteiger partial charge in [0, 0.05) is 18.7 Å². The van der Waals surface area contributed by atoms with Crippen molar-refractivity contribution >= 4 is 0 Å².